The molecule has 10 nitrogen and oxygen atoms in total. The summed E-state index contributed by atoms with van der Waals surface area (Å²) in [5.41, 5.74) is 1.87. The molecule has 2 amide bonds. The van der Waals surface area contributed by atoms with E-state index in [2.05, 4.69) is 22.6 Å². The van der Waals surface area contributed by atoms with Gasteiger partial charge in [0.25, 0.3) is 0 Å². The van der Waals surface area contributed by atoms with Crippen molar-refractivity contribution in [1.82, 2.24) is 20.3 Å². The molecule has 0 spiro atoms. The van der Waals surface area contributed by atoms with Crippen LogP contribution in [0.15, 0.2) is 24.4 Å². The number of anilines is 2. The van der Waals surface area contributed by atoms with Crippen molar-refractivity contribution in [2.24, 2.45) is 0 Å². The molecule has 1 unspecified atom stereocenters. The van der Waals surface area contributed by atoms with Crippen molar-refractivity contribution in [3.63, 3.8) is 0 Å². The lowest BCUT2D eigenvalue weighted by atomic mass is 10.0. The highest BCUT2D eigenvalue weighted by atomic mass is 19.1. The zero-order valence-electron chi connectivity index (χ0n) is 20.2. The molecule has 2 aromatic rings. The summed E-state index contributed by atoms with van der Waals surface area (Å²) in [4.78, 5) is 26.7. The molecule has 0 radical (unpaired) electrons. The van der Waals surface area contributed by atoms with Gasteiger partial charge in [-0.3, -0.25) is 9.69 Å². The van der Waals surface area contributed by atoms with Crippen molar-refractivity contribution < 1.29 is 23.8 Å². The Kier molecular flexibility index (Phi) is 7.84. The van der Waals surface area contributed by atoms with Gasteiger partial charge in [-0.25, -0.2) is 13.9 Å². The van der Waals surface area contributed by atoms with Gasteiger partial charge in [-0.15, -0.1) is 5.10 Å². The molecule has 2 aliphatic heterocycles. The summed E-state index contributed by atoms with van der Waals surface area (Å²) in [5.74, 6) is -0.340. The van der Waals surface area contributed by atoms with Gasteiger partial charge in [0.05, 0.1) is 36.2 Å². The normalized spacial score (nSPS) is 19.7. The second-order valence-corrected chi connectivity index (χ2v) is 9.30. The molecule has 3 heterocycles. The van der Waals surface area contributed by atoms with Gasteiger partial charge in [-0.1, -0.05) is 12.1 Å². The Balaban J connectivity index is 1.34. The van der Waals surface area contributed by atoms with Crippen LogP contribution in [0, 0.1) is 5.82 Å². The topological polar surface area (TPSA) is 113 Å². The van der Waals surface area contributed by atoms with E-state index in [-0.39, 0.29) is 43.4 Å². The largest absolute Gasteiger partial charge is 0.442 e. The maximum Gasteiger partial charge on any atom is 0.414 e. The van der Waals surface area contributed by atoms with Gasteiger partial charge in [0.2, 0.25) is 5.91 Å². The van der Waals surface area contributed by atoms with E-state index in [0.717, 1.165) is 31.4 Å². The molecule has 11 heteroatoms. The number of amides is 2. The maximum absolute atomic E-state index is 15.1. The standard InChI is InChI=1S/C24H33FN6O4/c1-16(4-3-11-32)22-15-31(28-27-22)18-7-9-29(10-8-18)23-6-5-19(12-21(23)25)30-14-20(35-24(30)34)13-26-17(2)33/h5-6,12,15-16,18,20,32H,3-4,7-11,13-14H2,1-2H3,(H,26,33)/t16?,20-/m0/s1. The van der Waals surface area contributed by atoms with Crippen LogP contribution in [0.3, 0.4) is 0 Å². The van der Waals surface area contributed by atoms with Gasteiger partial charge in [-0.2, -0.15) is 0 Å². The van der Waals surface area contributed by atoms with Crippen LogP contribution < -0.4 is 15.1 Å². The Morgan fingerprint density at radius 1 is 1.34 bits per heavy atom. The number of aliphatic hydroxyl groups excluding tert-OH is 1. The van der Waals surface area contributed by atoms with Crippen LogP contribution in [0.5, 0.6) is 0 Å². The number of carbonyl (C=O) groups is 2. The summed E-state index contributed by atoms with van der Waals surface area (Å²) >= 11 is 0. The molecule has 0 saturated carbocycles. The molecule has 2 atom stereocenters. The molecule has 1 aromatic heterocycles. The molecule has 2 aliphatic rings. The number of hydrogen-bond donors (Lipinski definition) is 2. The second-order valence-electron chi connectivity index (χ2n) is 9.30. The van der Waals surface area contributed by atoms with Crippen LogP contribution in [0.2, 0.25) is 0 Å². The van der Waals surface area contributed by atoms with Crippen LogP contribution >= 0.6 is 0 Å². The number of benzene rings is 1. The smallest absolute Gasteiger partial charge is 0.414 e. The van der Waals surface area contributed by atoms with Gasteiger partial charge >= 0.3 is 6.09 Å². The first-order chi connectivity index (χ1) is 16.9. The van der Waals surface area contributed by atoms with E-state index in [1.165, 1.54) is 17.9 Å². The molecule has 190 valence electrons. The van der Waals surface area contributed by atoms with Gasteiger partial charge in [0.1, 0.15) is 11.9 Å². The Hall–Kier alpha value is -3.21. The molecule has 2 saturated heterocycles. The Labute approximate surface area is 204 Å². The minimum absolute atomic E-state index is 0.176. The van der Waals surface area contributed by atoms with Gasteiger partial charge < -0.3 is 20.1 Å². The first-order valence-electron chi connectivity index (χ1n) is 12.2. The van der Waals surface area contributed by atoms with Crippen molar-refractivity contribution in [3.05, 3.63) is 35.9 Å². The zero-order chi connectivity index (χ0) is 24.9. The van der Waals surface area contributed by atoms with Gasteiger partial charge in [-0.05, 0) is 43.9 Å². The van der Waals surface area contributed by atoms with E-state index in [4.69, 9.17) is 9.84 Å². The van der Waals surface area contributed by atoms with E-state index >= 15 is 4.39 Å². The number of halogens is 1. The monoisotopic (exact) mass is 488 g/mol. The Morgan fingerprint density at radius 2 is 2.11 bits per heavy atom. The van der Waals surface area contributed by atoms with E-state index in [0.29, 0.717) is 24.5 Å². The summed E-state index contributed by atoms with van der Waals surface area (Å²) in [6, 6.07) is 5.00. The highest BCUT2D eigenvalue weighted by Crippen LogP contribution is 2.32. The number of carbonyl (C=O) groups excluding carboxylic acids is 2. The van der Waals surface area contributed by atoms with Crippen molar-refractivity contribution in [1.29, 1.82) is 0 Å². The fourth-order valence-electron chi connectivity index (χ4n) is 4.63. The predicted molar refractivity (Wildman–Crippen MR) is 128 cm³/mol. The lowest BCUT2D eigenvalue weighted by Crippen LogP contribution is -2.35. The number of piperidine rings is 1. The van der Waals surface area contributed by atoms with E-state index < -0.39 is 12.2 Å². The number of hydrogen-bond acceptors (Lipinski definition) is 7. The summed E-state index contributed by atoms with van der Waals surface area (Å²) < 4.78 is 22.2. The van der Waals surface area contributed by atoms with Crippen molar-refractivity contribution in [3.8, 4) is 0 Å². The van der Waals surface area contributed by atoms with Crippen LogP contribution in [0.25, 0.3) is 0 Å². The minimum atomic E-state index is -0.550. The SMILES string of the molecule is CC(=O)NC[C@H]1CN(c2ccc(N3CCC(n4cc(C(C)CCCO)nn4)CC3)c(F)c2)C(=O)O1. The maximum atomic E-state index is 15.1. The fourth-order valence-corrected chi connectivity index (χ4v) is 4.63. The summed E-state index contributed by atoms with van der Waals surface area (Å²) in [5, 5.41) is 20.3. The number of ether oxygens (including phenoxy) is 1. The quantitative estimate of drug-likeness (QED) is 0.558. The lowest BCUT2D eigenvalue weighted by Gasteiger charge is -2.33. The first-order valence-corrected chi connectivity index (χ1v) is 12.2. The van der Waals surface area contributed by atoms with Crippen LogP contribution in [-0.4, -0.2) is 71.0 Å². The molecule has 0 aliphatic carbocycles. The summed E-state index contributed by atoms with van der Waals surface area (Å²) in [6.45, 7) is 5.50. The number of nitrogens with zero attached hydrogens (tertiary/aromatic N) is 5. The van der Waals surface area contributed by atoms with E-state index in [1.807, 2.05) is 15.8 Å². The van der Waals surface area contributed by atoms with Crippen LogP contribution in [0.1, 0.15) is 57.2 Å². The number of aromatic nitrogens is 3. The average Bonchev–Trinajstić information content (AvgIpc) is 3.48. The zero-order valence-corrected chi connectivity index (χ0v) is 20.2. The number of aliphatic hydroxyl groups is 1. The number of cyclic esters (lactones) is 1. The molecular formula is C24H33FN6O4. The van der Waals surface area contributed by atoms with Crippen molar-refractivity contribution in [2.45, 2.75) is 57.6 Å². The molecular weight excluding hydrogens is 455 g/mol. The molecule has 0 bridgehead atoms. The highest BCUT2D eigenvalue weighted by molar-refractivity contribution is 5.90. The minimum Gasteiger partial charge on any atom is -0.442 e. The third-order valence-electron chi connectivity index (χ3n) is 6.70. The Bertz CT molecular complexity index is 1040. The van der Waals surface area contributed by atoms with E-state index in [1.54, 1.807) is 12.1 Å². The molecule has 1 aromatic carbocycles. The van der Waals surface area contributed by atoms with E-state index in [9.17, 15) is 9.59 Å². The molecule has 2 fully saturated rings. The van der Waals surface area contributed by atoms with Crippen LogP contribution in [0.4, 0.5) is 20.6 Å². The van der Waals surface area contributed by atoms with Gasteiger partial charge in [0, 0.05) is 38.7 Å². The summed E-state index contributed by atoms with van der Waals surface area (Å²) in [6.07, 6.45) is 4.22. The third-order valence-corrected chi connectivity index (χ3v) is 6.70. The van der Waals surface area contributed by atoms with Crippen LogP contribution in [-0.2, 0) is 9.53 Å². The second kappa shape index (κ2) is 11.0. The highest BCUT2D eigenvalue weighted by Gasteiger charge is 2.33. The van der Waals surface area contributed by atoms with Gasteiger partial charge in [0.15, 0.2) is 0 Å². The molecule has 35 heavy (non-hydrogen) atoms. The summed E-state index contributed by atoms with van der Waals surface area (Å²) in [7, 11) is 0. The predicted octanol–water partition coefficient (Wildman–Crippen LogP) is 2.60. The Morgan fingerprint density at radius 3 is 2.80 bits per heavy atom. The molecule has 4 rings (SSSR count). The first kappa shape index (κ1) is 24.9. The average molecular weight is 489 g/mol. The lowest BCUT2D eigenvalue weighted by molar-refractivity contribution is -0.119. The number of rotatable bonds is 9. The number of nitrogens with one attached hydrogen (secondary N) is 1. The van der Waals surface area contributed by atoms with Crippen molar-refractivity contribution in [2.75, 3.05) is 42.6 Å². The molecule has 2 N–H and O–H groups in total. The van der Waals surface area contributed by atoms with Crippen molar-refractivity contribution >= 4 is 23.4 Å². The fraction of sp³-hybridized carbons (Fsp3) is 0.583. The third kappa shape index (κ3) is 5.90.